The SMILES string of the molecule is C=C/C=C(\C)CC(=O)N/C(N)=C/C=C(\N)CCCCc1nnc(NC(=O)Cc2cccc(CNC(=O)C(O)CC)c2)s1.CC.CC. The predicted octanol–water partition coefficient (Wildman–Crippen LogP) is 5.15. The zero-order chi connectivity index (χ0) is 34.9. The van der Waals surface area contributed by atoms with Crippen molar-refractivity contribution in [2.45, 2.75) is 99.1 Å². The molecule has 0 aliphatic rings. The van der Waals surface area contributed by atoms with E-state index >= 15 is 0 Å². The maximum absolute atomic E-state index is 12.5. The third-order valence-corrected chi connectivity index (χ3v) is 6.83. The highest BCUT2D eigenvalue weighted by Gasteiger charge is 2.13. The van der Waals surface area contributed by atoms with Gasteiger partial charge in [-0.25, -0.2) is 0 Å². The summed E-state index contributed by atoms with van der Waals surface area (Å²) in [4.78, 5) is 36.3. The molecule has 0 fully saturated rings. The summed E-state index contributed by atoms with van der Waals surface area (Å²) < 4.78 is 0. The minimum absolute atomic E-state index is 0.147. The monoisotopic (exact) mass is 655 g/mol. The van der Waals surface area contributed by atoms with Gasteiger partial charge < -0.3 is 32.5 Å². The first-order valence-corrected chi connectivity index (χ1v) is 16.6. The molecule has 1 unspecified atom stereocenters. The summed E-state index contributed by atoms with van der Waals surface area (Å²) in [5.74, 6) is -0.622. The molecule has 12 heteroatoms. The fourth-order valence-electron chi connectivity index (χ4n) is 3.74. The van der Waals surface area contributed by atoms with Crippen LogP contribution in [-0.4, -0.2) is 39.1 Å². The number of anilines is 1. The Balaban J connectivity index is 0.00000486. The Morgan fingerprint density at radius 3 is 2.39 bits per heavy atom. The quantitative estimate of drug-likeness (QED) is 0.0997. The molecule has 0 bridgehead atoms. The number of aliphatic hydroxyl groups excluding tert-OH is 1. The van der Waals surface area contributed by atoms with E-state index in [0.717, 1.165) is 34.5 Å². The second-order valence-electron chi connectivity index (χ2n) is 9.73. The number of unbranched alkanes of at least 4 members (excludes halogenated alkanes) is 1. The van der Waals surface area contributed by atoms with Gasteiger partial charge in [-0.2, -0.15) is 0 Å². The van der Waals surface area contributed by atoms with Crippen LogP contribution < -0.4 is 27.4 Å². The number of hydrogen-bond donors (Lipinski definition) is 6. The second kappa shape index (κ2) is 25.0. The summed E-state index contributed by atoms with van der Waals surface area (Å²) in [6.45, 7) is 15.4. The van der Waals surface area contributed by atoms with E-state index in [4.69, 9.17) is 11.5 Å². The maximum atomic E-state index is 12.5. The highest BCUT2D eigenvalue weighted by atomic mass is 32.1. The van der Waals surface area contributed by atoms with Gasteiger partial charge in [0.1, 0.15) is 16.9 Å². The zero-order valence-electron chi connectivity index (χ0n) is 28.2. The molecule has 46 heavy (non-hydrogen) atoms. The van der Waals surface area contributed by atoms with Gasteiger partial charge in [0.05, 0.1) is 6.42 Å². The number of carbonyl (C=O) groups is 3. The number of carbonyl (C=O) groups excluding carboxylic acids is 3. The van der Waals surface area contributed by atoms with Crippen LogP contribution in [0.3, 0.4) is 0 Å². The molecule has 0 saturated carbocycles. The van der Waals surface area contributed by atoms with E-state index < -0.39 is 12.0 Å². The van der Waals surface area contributed by atoms with Gasteiger partial charge in [-0.15, -0.1) is 10.2 Å². The molecule has 1 aromatic carbocycles. The summed E-state index contributed by atoms with van der Waals surface area (Å²) in [7, 11) is 0. The van der Waals surface area contributed by atoms with Crippen LogP contribution in [0.5, 0.6) is 0 Å². The highest BCUT2D eigenvalue weighted by molar-refractivity contribution is 7.15. The Morgan fingerprint density at radius 2 is 1.72 bits per heavy atom. The zero-order valence-corrected chi connectivity index (χ0v) is 29.0. The highest BCUT2D eigenvalue weighted by Crippen LogP contribution is 2.18. The third-order valence-electron chi connectivity index (χ3n) is 5.93. The normalized spacial score (nSPS) is 12.0. The van der Waals surface area contributed by atoms with Gasteiger partial charge in [-0.3, -0.25) is 14.4 Å². The van der Waals surface area contributed by atoms with Gasteiger partial charge in [-0.1, -0.05) is 94.5 Å². The Bertz CT molecular complexity index is 1320. The van der Waals surface area contributed by atoms with Crippen LogP contribution in [0.15, 0.2) is 72.2 Å². The summed E-state index contributed by atoms with van der Waals surface area (Å²) in [6, 6.07) is 7.34. The van der Waals surface area contributed by atoms with Crippen LogP contribution in [0.2, 0.25) is 0 Å². The lowest BCUT2D eigenvalue weighted by atomic mass is 10.1. The van der Waals surface area contributed by atoms with E-state index in [9.17, 15) is 19.5 Å². The standard InChI is InChI=1S/C30H41N7O4S.2C2H6/c1-4-9-20(3)16-26(39)34-25(32)15-14-23(31)12-6-7-13-28-36-37-30(42-28)35-27(40)18-21-10-8-11-22(17-21)19-33-29(41)24(38)5-2;2*1-2/h4,8-11,14-15,17,24,38H,1,5-7,12-13,16,18-19,31-32H2,2-3H3,(H,33,41)(H,34,39)(H,35,37,40);2*1-2H3/b20-9+,23-14-,25-15+;;. The largest absolute Gasteiger partial charge is 0.402 e. The summed E-state index contributed by atoms with van der Waals surface area (Å²) in [6.07, 6.45) is 9.37. The molecule has 3 amide bonds. The van der Waals surface area contributed by atoms with E-state index in [1.165, 1.54) is 11.3 Å². The van der Waals surface area contributed by atoms with E-state index in [1.54, 1.807) is 31.2 Å². The van der Waals surface area contributed by atoms with Crippen molar-refractivity contribution in [3.05, 3.63) is 88.4 Å². The van der Waals surface area contributed by atoms with Crippen molar-refractivity contribution < 1.29 is 19.5 Å². The summed E-state index contributed by atoms with van der Waals surface area (Å²) >= 11 is 1.33. The molecule has 8 N–H and O–H groups in total. The summed E-state index contributed by atoms with van der Waals surface area (Å²) in [5, 5.41) is 27.2. The lowest BCUT2D eigenvalue weighted by molar-refractivity contribution is -0.129. The summed E-state index contributed by atoms with van der Waals surface area (Å²) in [5.41, 5.74) is 15.1. The van der Waals surface area contributed by atoms with Gasteiger partial charge in [-0.05, 0) is 55.9 Å². The molecule has 2 aromatic rings. The number of hydrogen-bond acceptors (Lipinski definition) is 9. The average Bonchev–Trinajstić information content (AvgIpc) is 3.49. The predicted molar refractivity (Wildman–Crippen MR) is 188 cm³/mol. The van der Waals surface area contributed by atoms with Gasteiger partial charge in [0.25, 0.3) is 0 Å². The molecule has 0 aliphatic carbocycles. The third kappa shape index (κ3) is 18.5. The Kier molecular flexibility index (Phi) is 22.6. The first-order chi connectivity index (χ1) is 22.1. The smallest absolute Gasteiger partial charge is 0.249 e. The average molecular weight is 656 g/mol. The molecular formula is C34H53N7O4S. The van der Waals surface area contributed by atoms with Crippen molar-refractivity contribution in [1.82, 2.24) is 20.8 Å². The molecular weight excluding hydrogens is 602 g/mol. The lowest BCUT2D eigenvalue weighted by Gasteiger charge is -2.10. The molecule has 11 nitrogen and oxygen atoms in total. The fraction of sp³-hybridized carbons (Fsp3) is 0.441. The number of nitrogens with two attached hydrogens (primary N) is 2. The Morgan fingerprint density at radius 1 is 1.02 bits per heavy atom. The number of aryl methyl sites for hydroxylation is 1. The molecule has 1 atom stereocenters. The van der Waals surface area contributed by atoms with Crippen LogP contribution in [0.4, 0.5) is 5.13 Å². The van der Waals surface area contributed by atoms with Crippen molar-refractivity contribution in [2.24, 2.45) is 11.5 Å². The molecule has 2 rings (SSSR count). The number of aliphatic hydroxyl groups is 1. The van der Waals surface area contributed by atoms with Gasteiger partial charge in [0.2, 0.25) is 22.9 Å². The van der Waals surface area contributed by atoms with Gasteiger partial charge in [0, 0.05) is 25.1 Å². The van der Waals surface area contributed by atoms with E-state index in [2.05, 4.69) is 32.7 Å². The van der Waals surface area contributed by atoms with Crippen LogP contribution in [0.1, 0.15) is 89.8 Å². The van der Waals surface area contributed by atoms with Crippen LogP contribution in [-0.2, 0) is 33.8 Å². The molecule has 254 valence electrons. The molecule has 1 aromatic heterocycles. The van der Waals surface area contributed by atoms with E-state index in [-0.39, 0.29) is 37.0 Å². The van der Waals surface area contributed by atoms with Crippen LogP contribution in [0.25, 0.3) is 0 Å². The van der Waals surface area contributed by atoms with Gasteiger partial charge in [0.15, 0.2) is 0 Å². The van der Waals surface area contributed by atoms with Crippen molar-refractivity contribution in [1.29, 1.82) is 0 Å². The topological polar surface area (TPSA) is 185 Å². The number of nitrogens with zero attached hydrogens (tertiary/aromatic N) is 2. The molecule has 1 heterocycles. The maximum Gasteiger partial charge on any atom is 0.249 e. The first kappa shape index (κ1) is 41.7. The minimum Gasteiger partial charge on any atom is -0.402 e. The van der Waals surface area contributed by atoms with Crippen molar-refractivity contribution >= 4 is 34.2 Å². The van der Waals surface area contributed by atoms with Gasteiger partial charge >= 0.3 is 0 Å². The van der Waals surface area contributed by atoms with Crippen molar-refractivity contribution in [3.8, 4) is 0 Å². The van der Waals surface area contributed by atoms with E-state index in [1.807, 2.05) is 58.9 Å². The number of aromatic nitrogens is 2. The second-order valence-corrected chi connectivity index (χ2v) is 10.8. The lowest BCUT2D eigenvalue weighted by Crippen LogP contribution is -2.33. The molecule has 0 saturated heterocycles. The minimum atomic E-state index is -1.03. The molecule has 0 radical (unpaired) electrons. The number of nitrogens with one attached hydrogen (secondary N) is 3. The van der Waals surface area contributed by atoms with Crippen LogP contribution >= 0.6 is 11.3 Å². The Labute approximate surface area is 278 Å². The number of rotatable bonds is 17. The van der Waals surface area contributed by atoms with Crippen molar-refractivity contribution in [3.63, 3.8) is 0 Å². The van der Waals surface area contributed by atoms with Crippen LogP contribution in [0, 0.1) is 0 Å². The number of allylic oxidation sites excluding steroid dienone is 5. The fourth-order valence-corrected chi connectivity index (χ4v) is 4.54. The van der Waals surface area contributed by atoms with E-state index in [0.29, 0.717) is 30.1 Å². The molecule has 0 aliphatic heterocycles. The number of benzene rings is 1. The first-order valence-electron chi connectivity index (χ1n) is 15.7. The van der Waals surface area contributed by atoms with Crippen molar-refractivity contribution in [2.75, 3.05) is 5.32 Å². The number of amides is 3. The Hall–Kier alpha value is -4.29. The molecule has 0 spiro atoms.